The maximum atomic E-state index is 12.7. The Morgan fingerprint density at radius 2 is 1.69 bits per heavy atom. The summed E-state index contributed by atoms with van der Waals surface area (Å²) < 4.78 is 77.1. The Labute approximate surface area is 167 Å². The molecule has 0 saturated carbocycles. The Morgan fingerprint density at radius 1 is 1.07 bits per heavy atom. The van der Waals surface area contributed by atoms with Crippen LogP contribution in [0.15, 0.2) is 53.4 Å². The van der Waals surface area contributed by atoms with Crippen LogP contribution in [0.25, 0.3) is 0 Å². The molecule has 1 N–H and O–H groups in total. The van der Waals surface area contributed by atoms with E-state index >= 15 is 0 Å². The van der Waals surface area contributed by atoms with E-state index in [0.29, 0.717) is 31.8 Å². The standard InChI is InChI=1S/C20H22F3NO4S/c1-27-18-5-3-2-4-17(18)19(10-12-28-13-11-19)14-24-29(25,26)16-8-6-15(7-9-16)20(21,22)23/h2-9,24H,10-14H2,1H3. The van der Waals surface area contributed by atoms with Gasteiger partial charge in [0.2, 0.25) is 10.0 Å². The normalized spacial score (nSPS) is 17.1. The molecule has 1 aliphatic heterocycles. The van der Waals surface area contributed by atoms with Gasteiger partial charge in [0.05, 0.1) is 17.6 Å². The number of halogens is 3. The molecule has 0 unspecified atom stereocenters. The average Bonchev–Trinajstić information content (AvgIpc) is 2.72. The fourth-order valence-corrected chi connectivity index (χ4v) is 4.65. The fraction of sp³-hybridized carbons (Fsp3) is 0.400. The van der Waals surface area contributed by atoms with Gasteiger partial charge in [0.15, 0.2) is 0 Å². The molecule has 0 radical (unpaired) electrons. The van der Waals surface area contributed by atoms with E-state index in [9.17, 15) is 21.6 Å². The van der Waals surface area contributed by atoms with E-state index in [4.69, 9.17) is 9.47 Å². The lowest BCUT2D eigenvalue weighted by molar-refractivity contribution is -0.137. The number of benzene rings is 2. The number of methoxy groups -OCH3 is 1. The smallest absolute Gasteiger partial charge is 0.416 e. The van der Waals surface area contributed by atoms with Crippen molar-refractivity contribution in [1.29, 1.82) is 0 Å². The SMILES string of the molecule is COc1ccccc1C1(CNS(=O)(=O)c2ccc(C(F)(F)F)cc2)CCOCC1. The van der Waals surface area contributed by atoms with Crippen LogP contribution < -0.4 is 9.46 Å². The number of hydrogen-bond donors (Lipinski definition) is 1. The first-order chi connectivity index (χ1) is 13.7. The van der Waals surface area contributed by atoms with Gasteiger partial charge in [-0.25, -0.2) is 13.1 Å². The van der Waals surface area contributed by atoms with Gasteiger partial charge in [0, 0.05) is 30.7 Å². The van der Waals surface area contributed by atoms with E-state index in [0.717, 1.165) is 29.8 Å². The first-order valence-electron chi connectivity index (χ1n) is 9.06. The number of sulfonamides is 1. The van der Waals surface area contributed by atoms with Crippen molar-refractivity contribution < 1.29 is 31.1 Å². The topological polar surface area (TPSA) is 64.6 Å². The largest absolute Gasteiger partial charge is 0.496 e. The molecule has 1 aliphatic rings. The highest BCUT2D eigenvalue weighted by Crippen LogP contribution is 2.39. The summed E-state index contributed by atoms with van der Waals surface area (Å²) in [5.74, 6) is 0.656. The highest BCUT2D eigenvalue weighted by Gasteiger charge is 2.38. The van der Waals surface area contributed by atoms with Crippen LogP contribution in [0.2, 0.25) is 0 Å². The quantitative estimate of drug-likeness (QED) is 0.760. The first-order valence-corrected chi connectivity index (χ1v) is 10.5. The number of nitrogens with one attached hydrogen (secondary N) is 1. The molecule has 0 aliphatic carbocycles. The molecule has 0 amide bonds. The van der Waals surface area contributed by atoms with Crippen molar-refractivity contribution in [3.8, 4) is 5.75 Å². The third-order valence-corrected chi connectivity index (χ3v) is 6.64. The molecule has 1 saturated heterocycles. The molecule has 29 heavy (non-hydrogen) atoms. The number of ether oxygens (including phenoxy) is 2. The van der Waals surface area contributed by atoms with Gasteiger partial charge in [0.25, 0.3) is 0 Å². The van der Waals surface area contributed by atoms with E-state index in [1.165, 1.54) is 0 Å². The Hall–Kier alpha value is -2.10. The summed E-state index contributed by atoms with van der Waals surface area (Å²) in [5, 5.41) is 0. The second-order valence-corrected chi connectivity index (χ2v) is 8.71. The van der Waals surface area contributed by atoms with Crippen molar-refractivity contribution in [2.24, 2.45) is 0 Å². The summed E-state index contributed by atoms with van der Waals surface area (Å²) in [5.41, 5.74) is -0.559. The molecule has 9 heteroatoms. The Kier molecular flexibility index (Phi) is 6.21. The van der Waals surface area contributed by atoms with Gasteiger partial charge >= 0.3 is 6.18 Å². The monoisotopic (exact) mass is 429 g/mol. The molecule has 0 bridgehead atoms. The van der Waals surface area contributed by atoms with Gasteiger partial charge in [-0.1, -0.05) is 18.2 Å². The number of rotatable bonds is 6. The molecule has 0 aromatic heterocycles. The van der Waals surface area contributed by atoms with Crippen LogP contribution in [0, 0.1) is 0 Å². The lowest BCUT2D eigenvalue weighted by Crippen LogP contribution is -2.44. The molecular formula is C20H22F3NO4S. The molecule has 3 rings (SSSR count). The summed E-state index contributed by atoms with van der Waals surface area (Å²) in [4.78, 5) is -0.215. The fourth-order valence-electron chi connectivity index (χ4n) is 3.53. The molecule has 2 aromatic rings. The Balaban J connectivity index is 1.86. The highest BCUT2D eigenvalue weighted by atomic mass is 32.2. The van der Waals surface area contributed by atoms with Crippen molar-refractivity contribution in [2.45, 2.75) is 29.3 Å². The zero-order chi connectivity index (χ0) is 21.1. The maximum absolute atomic E-state index is 12.7. The molecule has 158 valence electrons. The van der Waals surface area contributed by atoms with Gasteiger partial charge in [0.1, 0.15) is 5.75 Å². The lowest BCUT2D eigenvalue weighted by atomic mass is 9.74. The second kappa shape index (κ2) is 8.33. The van der Waals surface area contributed by atoms with E-state index in [1.54, 1.807) is 7.11 Å². The number of hydrogen-bond acceptors (Lipinski definition) is 4. The van der Waals surface area contributed by atoms with Crippen molar-refractivity contribution in [1.82, 2.24) is 4.72 Å². The van der Waals surface area contributed by atoms with E-state index in [1.807, 2.05) is 24.3 Å². The van der Waals surface area contributed by atoms with Crippen LogP contribution >= 0.6 is 0 Å². The molecule has 1 fully saturated rings. The predicted octanol–water partition coefficient (Wildman–Crippen LogP) is 3.74. The summed E-state index contributed by atoms with van der Waals surface area (Å²) in [6.07, 6.45) is -3.35. The zero-order valence-electron chi connectivity index (χ0n) is 15.8. The third-order valence-electron chi connectivity index (χ3n) is 5.22. The molecule has 2 aromatic carbocycles. The van der Waals surface area contributed by atoms with Gasteiger partial charge in [-0.2, -0.15) is 13.2 Å². The summed E-state index contributed by atoms with van der Waals surface area (Å²) in [7, 11) is -2.43. The molecule has 0 spiro atoms. The molecule has 5 nitrogen and oxygen atoms in total. The van der Waals surface area contributed by atoms with Crippen molar-refractivity contribution in [3.05, 3.63) is 59.7 Å². The second-order valence-electron chi connectivity index (χ2n) is 6.94. The summed E-state index contributed by atoms with van der Waals surface area (Å²) in [6.45, 7) is 1.03. The van der Waals surface area contributed by atoms with Crippen molar-refractivity contribution in [3.63, 3.8) is 0 Å². The first kappa shape index (κ1) is 21.6. The van der Waals surface area contributed by atoms with Crippen molar-refractivity contribution >= 4 is 10.0 Å². The molecular weight excluding hydrogens is 407 g/mol. The van der Waals surface area contributed by atoms with Crippen LogP contribution in [0.5, 0.6) is 5.75 Å². The average molecular weight is 429 g/mol. The van der Waals surface area contributed by atoms with Gasteiger partial charge in [-0.15, -0.1) is 0 Å². The van der Waals surface area contributed by atoms with Gasteiger partial charge < -0.3 is 9.47 Å². The number of para-hydroxylation sites is 1. The van der Waals surface area contributed by atoms with Crippen LogP contribution in [0.1, 0.15) is 24.0 Å². The third kappa shape index (κ3) is 4.73. The molecule has 1 heterocycles. The van der Waals surface area contributed by atoms with Crippen LogP contribution in [-0.2, 0) is 26.4 Å². The minimum Gasteiger partial charge on any atom is -0.496 e. The van der Waals surface area contributed by atoms with E-state index < -0.39 is 27.2 Å². The van der Waals surface area contributed by atoms with Gasteiger partial charge in [-0.05, 0) is 43.2 Å². The summed E-state index contributed by atoms with van der Waals surface area (Å²) >= 11 is 0. The minimum absolute atomic E-state index is 0.0834. The van der Waals surface area contributed by atoms with Crippen molar-refractivity contribution in [2.75, 3.05) is 26.9 Å². The minimum atomic E-state index is -4.52. The van der Waals surface area contributed by atoms with E-state index in [-0.39, 0.29) is 11.4 Å². The lowest BCUT2D eigenvalue weighted by Gasteiger charge is -2.38. The predicted molar refractivity (Wildman–Crippen MR) is 101 cm³/mol. The van der Waals surface area contributed by atoms with E-state index in [2.05, 4.69) is 4.72 Å². The molecule has 0 atom stereocenters. The number of alkyl halides is 3. The Bertz CT molecular complexity index is 937. The zero-order valence-corrected chi connectivity index (χ0v) is 16.6. The maximum Gasteiger partial charge on any atom is 0.416 e. The van der Waals surface area contributed by atoms with Crippen LogP contribution in [0.4, 0.5) is 13.2 Å². The highest BCUT2D eigenvalue weighted by molar-refractivity contribution is 7.89. The van der Waals surface area contributed by atoms with Gasteiger partial charge in [-0.3, -0.25) is 0 Å². The van der Waals surface area contributed by atoms with Crippen LogP contribution in [-0.4, -0.2) is 35.3 Å². The summed E-state index contributed by atoms with van der Waals surface area (Å²) in [6, 6.07) is 10.9. The Morgan fingerprint density at radius 3 is 2.28 bits per heavy atom. The van der Waals surface area contributed by atoms with Crippen LogP contribution in [0.3, 0.4) is 0 Å².